The molecule has 1 unspecified atom stereocenters. The lowest BCUT2D eigenvalue weighted by molar-refractivity contribution is 0.0929. The number of fused-ring (bicyclic) bond motifs is 2. The second-order valence-electron chi connectivity index (χ2n) is 6.76. The first-order valence-electron chi connectivity index (χ1n) is 9.26. The van der Waals surface area contributed by atoms with Crippen molar-refractivity contribution in [3.8, 4) is 28.7 Å². The van der Waals surface area contributed by atoms with Crippen LogP contribution in [0, 0.1) is 0 Å². The molecule has 0 bridgehead atoms. The highest BCUT2D eigenvalue weighted by atomic mass is 16.5. The van der Waals surface area contributed by atoms with Gasteiger partial charge < -0.3 is 23.7 Å². The van der Waals surface area contributed by atoms with Crippen molar-refractivity contribution in [2.75, 3.05) is 27.9 Å². The van der Waals surface area contributed by atoms with Crippen LogP contribution < -0.4 is 23.7 Å². The summed E-state index contributed by atoms with van der Waals surface area (Å²) in [6, 6.07) is 7.09. The first kappa shape index (κ1) is 18.9. The molecule has 2 heterocycles. The molecular weight excluding hydrogens is 372 g/mol. The fourth-order valence-corrected chi connectivity index (χ4v) is 3.77. The van der Waals surface area contributed by atoms with Crippen LogP contribution in [0.3, 0.4) is 0 Å². The zero-order valence-electron chi connectivity index (χ0n) is 16.6. The lowest BCUT2D eigenvalue weighted by atomic mass is 9.85. The Hall–Kier alpha value is -3.41. The number of carbonyl (C=O) groups is 1. The molecule has 0 saturated heterocycles. The van der Waals surface area contributed by atoms with Gasteiger partial charge in [-0.25, -0.2) is 0 Å². The lowest BCUT2D eigenvalue weighted by Gasteiger charge is -2.27. The van der Waals surface area contributed by atoms with Crippen LogP contribution in [0.25, 0.3) is 6.08 Å². The summed E-state index contributed by atoms with van der Waals surface area (Å²) in [5.74, 6) is 2.97. The van der Waals surface area contributed by atoms with Crippen LogP contribution in [-0.2, 0) is 0 Å². The summed E-state index contributed by atoms with van der Waals surface area (Å²) < 4.78 is 27.8. The molecule has 2 aliphatic rings. The van der Waals surface area contributed by atoms with E-state index in [1.54, 1.807) is 45.6 Å². The first-order valence-corrected chi connectivity index (χ1v) is 9.26. The van der Waals surface area contributed by atoms with Crippen LogP contribution in [0.5, 0.6) is 28.7 Å². The molecule has 6 nitrogen and oxygen atoms in total. The van der Waals surface area contributed by atoms with Crippen LogP contribution in [0.4, 0.5) is 0 Å². The van der Waals surface area contributed by atoms with Crippen molar-refractivity contribution in [2.24, 2.45) is 0 Å². The average molecular weight is 394 g/mol. The van der Waals surface area contributed by atoms with Gasteiger partial charge in [-0.05, 0) is 36.8 Å². The van der Waals surface area contributed by atoms with Gasteiger partial charge in [0.05, 0.1) is 45.0 Å². The van der Waals surface area contributed by atoms with Gasteiger partial charge in [-0.1, -0.05) is 6.58 Å². The molecule has 6 heteroatoms. The number of hydrogen-bond donors (Lipinski definition) is 0. The minimum atomic E-state index is -0.381. The van der Waals surface area contributed by atoms with Gasteiger partial charge in [0.2, 0.25) is 0 Å². The van der Waals surface area contributed by atoms with E-state index in [0.717, 1.165) is 11.1 Å². The molecule has 0 aliphatic carbocycles. The topological polar surface area (TPSA) is 63.2 Å². The molecule has 2 aromatic rings. The highest BCUT2D eigenvalue weighted by Gasteiger charge is 2.33. The number of benzene rings is 2. The van der Waals surface area contributed by atoms with Crippen molar-refractivity contribution < 1.29 is 28.5 Å². The summed E-state index contributed by atoms with van der Waals surface area (Å²) in [6.07, 6.45) is 4.16. The fraction of sp³-hybridized carbons (Fsp3) is 0.261. The number of ether oxygens (including phenoxy) is 5. The van der Waals surface area contributed by atoms with Crippen molar-refractivity contribution >= 4 is 11.9 Å². The molecule has 1 atom stereocenters. The largest absolute Gasteiger partial charge is 0.495 e. The van der Waals surface area contributed by atoms with E-state index in [2.05, 4.69) is 6.58 Å². The maximum atomic E-state index is 13.6. The normalized spacial score (nSPS) is 16.8. The zero-order chi connectivity index (χ0) is 20.5. The van der Waals surface area contributed by atoms with Crippen LogP contribution in [0.2, 0.25) is 0 Å². The standard InChI is InChI=1S/C23H22O6/c1-13-5-6-15-18(29-13)8-7-16(23(15)27-4)22(24)14-9-10-28-19-12-21(26-3)20(25-2)11-17(14)19/h5-8,11-12,14H,1,9-10H2,2-4H3. The van der Waals surface area contributed by atoms with Gasteiger partial charge in [-0.2, -0.15) is 0 Å². The van der Waals surface area contributed by atoms with Gasteiger partial charge in [0, 0.05) is 11.6 Å². The Morgan fingerprint density at radius 2 is 1.79 bits per heavy atom. The third-order valence-electron chi connectivity index (χ3n) is 5.17. The van der Waals surface area contributed by atoms with E-state index in [0.29, 0.717) is 53.1 Å². The molecule has 2 aliphatic heterocycles. The Bertz CT molecular complexity index is 1020. The van der Waals surface area contributed by atoms with Crippen LogP contribution in [0.1, 0.15) is 33.8 Å². The van der Waals surface area contributed by atoms with E-state index >= 15 is 0 Å². The Balaban J connectivity index is 1.78. The molecular formula is C23H22O6. The Labute approximate surface area is 169 Å². The number of hydrogen-bond acceptors (Lipinski definition) is 6. The predicted octanol–water partition coefficient (Wildman–Crippen LogP) is 4.38. The van der Waals surface area contributed by atoms with Crippen molar-refractivity contribution in [1.82, 2.24) is 0 Å². The molecule has 0 spiro atoms. The van der Waals surface area contributed by atoms with Crippen LogP contribution in [0.15, 0.2) is 42.7 Å². The molecule has 0 aromatic heterocycles. The highest BCUT2D eigenvalue weighted by Crippen LogP contribution is 2.45. The van der Waals surface area contributed by atoms with Gasteiger partial charge in [0.1, 0.15) is 23.0 Å². The summed E-state index contributed by atoms with van der Waals surface area (Å²) >= 11 is 0. The lowest BCUT2D eigenvalue weighted by Crippen LogP contribution is -2.22. The molecule has 0 saturated carbocycles. The third-order valence-corrected chi connectivity index (χ3v) is 5.17. The number of carbonyl (C=O) groups excluding carboxylic acids is 1. The quantitative estimate of drug-likeness (QED) is 0.702. The van der Waals surface area contributed by atoms with E-state index in [1.165, 1.54) is 0 Å². The van der Waals surface area contributed by atoms with E-state index in [9.17, 15) is 4.79 Å². The molecule has 150 valence electrons. The SMILES string of the molecule is C=C1C=Cc2c(ccc(C(=O)C3CCOc4cc(OC)c(OC)cc43)c2OC)O1. The molecule has 2 aromatic carbocycles. The summed E-state index contributed by atoms with van der Waals surface area (Å²) in [5, 5.41) is 0. The van der Waals surface area contributed by atoms with E-state index in [-0.39, 0.29) is 11.7 Å². The minimum absolute atomic E-state index is 0.0424. The number of rotatable bonds is 5. The van der Waals surface area contributed by atoms with Gasteiger partial charge in [0.25, 0.3) is 0 Å². The second-order valence-corrected chi connectivity index (χ2v) is 6.76. The molecule has 0 fully saturated rings. The van der Waals surface area contributed by atoms with Crippen molar-refractivity contribution in [3.63, 3.8) is 0 Å². The smallest absolute Gasteiger partial charge is 0.174 e. The number of allylic oxidation sites excluding steroid dienone is 1. The van der Waals surface area contributed by atoms with Crippen molar-refractivity contribution in [2.45, 2.75) is 12.3 Å². The highest BCUT2D eigenvalue weighted by molar-refractivity contribution is 6.05. The minimum Gasteiger partial charge on any atom is -0.495 e. The van der Waals surface area contributed by atoms with E-state index in [1.807, 2.05) is 12.1 Å². The van der Waals surface area contributed by atoms with Gasteiger partial charge >= 0.3 is 0 Å². The maximum absolute atomic E-state index is 13.6. The Kier molecular flexibility index (Phi) is 4.92. The predicted molar refractivity (Wildman–Crippen MR) is 109 cm³/mol. The molecule has 0 radical (unpaired) electrons. The first-order chi connectivity index (χ1) is 14.1. The average Bonchev–Trinajstić information content (AvgIpc) is 2.76. The monoisotopic (exact) mass is 394 g/mol. The Morgan fingerprint density at radius 3 is 2.52 bits per heavy atom. The fourth-order valence-electron chi connectivity index (χ4n) is 3.77. The molecule has 0 amide bonds. The molecule has 4 rings (SSSR count). The third kappa shape index (κ3) is 3.20. The van der Waals surface area contributed by atoms with E-state index in [4.69, 9.17) is 23.7 Å². The summed E-state index contributed by atoms with van der Waals surface area (Å²) in [6.45, 7) is 4.24. The van der Waals surface area contributed by atoms with Crippen molar-refractivity contribution in [3.05, 3.63) is 59.4 Å². The van der Waals surface area contributed by atoms with Crippen LogP contribution in [-0.4, -0.2) is 33.7 Å². The van der Waals surface area contributed by atoms with Gasteiger partial charge in [0.15, 0.2) is 17.3 Å². The van der Waals surface area contributed by atoms with E-state index < -0.39 is 0 Å². The summed E-state index contributed by atoms with van der Waals surface area (Å²) in [7, 11) is 4.69. The molecule has 0 N–H and O–H groups in total. The number of methoxy groups -OCH3 is 3. The maximum Gasteiger partial charge on any atom is 0.174 e. The zero-order valence-corrected chi connectivity index (χ0v) is 16.6. The van der Waals surface area contributed by atoms with Crippen LogP contribution >= 0.6 is 0 Å². The van der Waals surface area contributed by atoms with Gasteiger partial charge in [-0.3, -0.25) is 4.79 Å². The number of Topliss-reactive ketones (excluding diaryl/α,β-unsaturated/α-hetero) is 1. The second kappa shape index (κ2) is 7.54. The Morgan fingerprint density at radius 1 is 1.03 bits per heavy atom. The van der Waals surface area contributed by atoms with Gasteiger partial charge in [-0.15, -0.1) is 0 Å². The summed E-state index contributed by atoms with van der Waals surface area (Å²) in [5.41, 5.74) is 2.00. The van der Waals surface area contributed by atoms with Crippen molar-refractivity contribution in [1.29, 1.82) is 0 Å². The molecule has 29 heavy (non-hydrogen) atoms. The summed E-state index contributed by atoms with van der Waals surface area (Å²) in [4.78, 5) is 13.6. The number of ketones is 1.